The van der Waals surface area contributed by atoms with Crippen LogP contribution in [0.3, 0.4) is 0 Å². The highest BCUT2D eigenvalue weighted by Gasteiger charge is 2.39. The third-order valence-electron chi connectivity index (χ3n) is 2.25. The molecular formula is C12H14O4. The topological polar surface area (TPSA) is 52.6 Å². The number of carbonyl (C=O) groups is 2. The van der Waals surface area contributed by atoms with Crippen LogP contribution in [0.2, 0.25) is 0 Å². The van der Waals surface area contributed by atoms with Gasteiger partial charge in [-0.25, -0.2) is 4.79 Å². The van der Waals surface area contributed by atoms with E-state index in [0.717, 1.165) is 0 Å². The second-order valence-electron chi connectivity index (χ2n) is 3.48. The molecule has 0 amide bonds. The lowest BCUT2D eigenvalue weighted by molar-refractivity contribution is -0.179. The molecule has 1 rings (SSSR count). The van der Waals surface area contributed by atoms with Crippen molar-refractivity contribution in [2.24, 2.45) is 0 Å². The molecule has 0 spiro atoms. The van der Waals surface area contributed by atoms with Crippen LogP contribution >= 0.6 is 0 Å². The molecule has 0 saturated carbocycles. The second-order valence-corrected chi connectivity index (χ2v) is 3.48. The molecule has 1 atom stereocenters. The van der Waals surface area contributed by atoms with Gasteiger partial charge in [0.2, 0.25) is 5.60 Å². The van der Waals surface area contributed by atoms with E-state index >= 15 is 0 Å². The summed E-state index contributed by atoms with van der Waals surface area (Å²) in [5.74, 6) is -1.13. The van der Waals surface area contributed by atoms with Gasteiger partial charge in [-0.05, 0) is 6.92 Å². The summed E-state index contributed by atoms with van der Waals surface area (Å²) in [5, 5.41) is 0. The molecule has 1 aromatic rings. The minimum absolute atomic E-state index is 0.531. The zero-order chi connectivity index (χ0) is 12.2. The van der Waals surface area contributed by atoms with E-state index in [1.165, 1.54) is 21.0 Å². The van der Waals surface area contributed by atoms with Crippen molar-refractivity contribution in [3.8, 4) is 0 Å². The normalized spacial score (nSPS) is 13.7. The minimum atomic E-state index is -1.39. The summed E-state index contributed by atoms with van der Waals surface area (Å²) < 4.78 is 9.72. The number of benzene rings is 1. The number of carbonyl (C=O) groups excluding carboxylic acids is 2. The van der Waals surface area contributed by atoms with Gasteiger partial charge < -0.3 is 9.47 Å². The Bertz CT molecular complexity index is 385. The number of ether oxygens (including phenoxy) is 2. The Kier molecular flexibility index (Phi) is 3.66. The lowest BCUT2D eigenvalue weighted by Gasteiger charge is -2.26. The maximum Gasteiger partial charge on any atom is 0.354 e. The first-order valence-corrected chi connectivity index (χ1v) is 4.84. The molecule has 0 aromatic heterocycles. The number of methoxy groups -OCH3 is 1. The third-order valence-corrected chi connectivity index (χ3v) is 2.25. The summed E-state index contributed by atoms with van der Waals surface area (Å²) in [4.78, 5) is 22.7. The van der Waals surface area contributed by atoms with Crippen LogP contribution in [-0.2, 0) is 24.7 Å². The SMILES string of the molecule is COC(=O)C(C)(OC(C)=O)c1ccccc1. The molecule has 4 heteroatoms. The Labute approximate surface area is 94.2 Å². The lowest BCUT2D eigenvalue weighted by atomic mass is 9.96. The van der Waals surface area contributed by atoms with Gasteiger partial charge in [0.05, 0.1) is 7.11 Å². The van der Waals surface area contributed by atoms with E-state index in [0.29, 0.717) is 5.56 Å². The Hall–Kier alpha value is -1.84. The molecule has 0 aliphatic carbocycles. The maximum absolute atomic E-state index is 11.7. The summed E-state index contributed by atoms with van der Waals surface area (Å²) >= 11 is 0. The number of esters is 2. The molecule has 0 N–H and O–H groups in total. The van der Waals surface area contributed by atoms with Crippen LogP contribution in [0.4, 0.5) is 0 Å². The Morgan fingerprint density at radius 3 is 2.19 bits per heavy atom. The van der Waals surface area contributed by atoms with Gasteiger partial charge in [-0.15, -0.1) is 0 Å². The smallest absolute Gasteiger partial charge is 0.354 e. The third kappa shape index (κ3) is 2.39. The molecule has 16 heavy (non-hydrogen) atoms. The average molecular weight is 222 g/mol. The van der Waals surface area contributed by atoms with Crippen molar-refractivity contribution in [2.75, 3.05) is 7.11 Å². The fourth-order valence-corrected chi connectivity index (χ4v) is 1.46. The van der Waals surface area contributed by atoms with Crippen LogP contribution in [0.25, 0.3) is 0 Å². The first-order chi connectivity index (χ1) is 7.50. The van der Waals surface area contributed by atoms with Crippen LogP contribution in [0, 0.1) is 0 Å². The molecule has 0 radical (unpaired) electrons. The van der Waals surface area contributed by atoms with Gasteiger partial charge in [0.15, 0.2) is 0 Å². The van der Waals surface area contributed by atoms with Crippen LogP contribution in [0.1, 0.15) is 19.4 Å². The molecule has 86 valence electrons. The van der Waals surface area contributed by atoms with Crippen LogP contribution in [0.15, 0.2) is 30.3 Å². The molecule has 1 aromatic carbocycles. The Balaban J connectivity index is 3.14. The minimum Gasteiger partial charge on any atom is -0.466 e. The number of rotatable bonds is 3. The summed E-state index contributed by atoms with van der Waals surface area (Å²) in [7, 11) is 1.26. The van der Waals surface area contributed by atoms with E-state index in [-0.39, 0.29) is 0 Å². The van der Waals surface area contributed by atoms with Crippen molar-refractivity contribution < 1.29 is 19.1 Å². The lowest BCUT2D eigenvalue weighted by Crippen LogP contribution is -2.38. The molecule has 0 aliphatic rings. The number of hydrogen-bond acceptors (Lipinski definition) is 4. The maximum atomic E-state index is 11.7. The molecule has 1 unspecified atom stereocenters. The Morgan fingerprint density at radius 2 is 1.75 bits per heavy atom. The highest BCUT2D eigenvalue weighted by molar-refractivity contribution is 5.83. The summed E-state index contributed by atoms with van der Waals surface area (Å²) in [5.41, 5.74) is -0.806. The first-order valence-electron chi connectivity index (χ1n) is 4.84. The van der Waals surface area contributed by atoms with Crippen molar-refractivity contribution in [3.63, 3.8) is 0 Å². The molecule has 0 saturated heterocycles. The fraction of sp³-hybridized carbons (Fsp3) is 0.333. The molecule has 0 fully saturated rings. The van der Waals surface area contributed by atoms with Gasteiger partial charge in [0, 0.05) is 12.5 Å². The zero-order valence-electron chi connectivity index (χ0n) is 9.52. The van der Waals surface area contributed by atoms with Gasteiger partial charge in [0.25, 0.3) is 0 Å². The summed E-state index contributed by atoms with van der Waals surface area (Å²) in [6.45, 7) is 2.76. The predicted octanol–water partition coefficient (Wildman–Crippen LogP) is 1.64. The van der Waals surface area contributed by atoms with E-state index in [4.69, 9.17) is 4.74 Å². The van der Waals surface area contributed by atoms with Crippen LogP contribution in [0.5, 0.6) is 0 Å². The molecule has 4 nitrogen and oxygen atoms in total. The highest BCUT2D eigenvalue weighted by atomic mass is 16.6. The van der Waals surface area contributed by atoms with Gasteiger partial charge in [-0.3, -0.25) is 4.79 Å². The Morgan fingerprint density at radius 1 is 1.19 bits per heavy atom. The van der Waals surface area contributed by atoms with E-state index in [1.807, 2.05) is 6.07 Å². The van der Waals surface area contributed by atoms with Crippen molar-refractivity contribution >= 4 is 11.9 Å². The summed E-state index contributed by atoms with van der Waals surface area (Å²) in [6, 6.07) is 8.76. The van der Waals surface area contributed by atoms with Gasteiger partial charge in [0.1, 0.15) is 0 Å². The molecular weight excluding hydrogens is 208 g/mol. The number of hydrogen-bond donors (Lipinski definition) is 0. The van der Waals surface area contributed by atoms with Gasteiger partial charge in [-0.2, -0.15) is 0 Å². The van der Waals surface area contributed by atoms with Crippen molar-refractivity contribution in [3.05, 3.63) is 35.9 Å². The van der Waals surface area contributed by atoms with E-state index in [2.05, 4.69) is 4.74 Å². The van der Waals surface area contributed by atoms with E-state index in [1.54, 1.807) is 24.3 Å². The zero-order valence-corrected chi connectivity index (χ0v) is 9.52. The standard InChI is InChI=1S/C12H14O4/c1-9(13)16-12(2,11(14)15-3)10-7-5-4-6-8-10/h4-8H,1-3H3. The van der Waals surface area contributed by atoms with Crippen LogP contribution in [-0.4, -0.2) is 19.0 Å². The van der Waals surface area contributed by atoms with Crippen molar-refractivity contribution in [2.45, 2.75) is 19.4 Å². The molecule has 0 heterocycles. The van der Waals surface area contributed by atoms with E-state index < -0.39 is 17.5 Å². The van der Waals surface area contributed by atoms with Crippen molar-refractivity contribution in [1.82, 2.24) is 0 Å². The quantitative estimate of drug-likeness (QED) is 0.729. The van der Waals surface area contributed by atoms with E-state index in [9.17, 15) is 9.59 Å². The predicted molar refractivity (Wildman–Crippen MR) is 57.6 cm³/mol. The first kappa shape index (κ1) is 12.2. The monoisotopic (exact) mass is 222 g/mol. The fourth-order valence-electron chi connectivity index (χ4n) is 1.46. The van der Waals surface area contributed by atoms with Gasteiger partial charge >= 0.3 is 11.9 Å². The largest absolute Gasteiger partial charge is 0.466 e. The second kappa shape index (κ2) is 4.79. The summed E-state index contributed by atoms with van der Waals surface area (Å²) in [6.07, 6.45) is 0. The average Bonchev–Trinajstić information content (AvgIpc) is 2.28. The van der Waals surface area contributed by atoms with Gasteiger partial charge in [-0.1, -0.05) is 30.3 Å². The highest BCUT2D eigenvalue weighted by Crippen LogP contribution is 2.26. The van der Waals surface area contributed by atoms with Crippen molar-refractivity contribution in [1.29, 1.82) is 0 Å². The van der Waals surface area contributed by atoms with Crippen LogP contribution < -0.4 is 0 Å². The molecule has 0 bridgehead atoms. The molecule has 0 aliphatic heterocycles.